The van der Waals surface area contributed by atoms with Crippen molar-refractivity contribution in [1.29, 1.82) is 0 Å². The first-order valence-electron chi connectivity index (χ1n) is 6.11. The summed E-state index contributed by atoms with van der Waals surface area (Å²) in [6.45, 7) is 8.22. The Morgan fingerprint density at radius 1 is 1.44 bits per heavy atom. The Labute approximate surface area is 98.0 Å². The van der Waals surface area contributed by atoms with Gasteiger partial charge in [0.2, 0.25) is 0 Å². The lowest BCUT2D eigenvalue weighted by Gasteiger charge is -2.17. The molecule has 0 unspecified atom stereocenters. The average Bonchev–Trinajstić information content (AvgIpc) is 2.72. The summed E-state index contributed by atoms with van der Waals surface area (Å²) in [6, 6.07) is 2.03. The van der Waals surface area contributed by atoms with Crippen LogP contribution in [0.1, 0.15) is 38.1 Å². The third-order valence-electron chi connectivity index (χ3n) is 2.62. The summed E-state index contributed by atoms with van der Waals surface area (Å²) in [5.41, 5.74) is 0.976. The van der Waals surface area contributed by atoms with Crippen LogP contribution in [-0.4, -0.2) is 30.2 Å². The SMILES string of the molecule is CCCCN(CC)Cc1cc(CNC)no1. The molecule has 1 heterocycles. The lowest BCUT2D eigenvalue weighted by molar-refractivity contribution is 0.237. The van der Waals surface area contributed by atoms with Crippen LogP contribution in [-0.2, 0) is 13.1 Å². The Morgan fingerprint density at radius 2 is 2.25 bits per heavy atom. The van der Waals surface area contributed by atoms with Crippen LogP contribution in [0.15, 0.2) is 10.6 Å². The molecule has 4 nitrogen and oxygen atoms in total. The minimum absolute atomic E-state index is 0.768. The molecule has 0 aromatic carbocycles. The highest BCUT2D eigenvalue weighted by atomic mass is 16.5. The fraction of sp³-hybridized carbons (Fsp3) is 0.750. The number of nitrogens with one attached hydrogen (secondary N) is 1. The second kappa shape index (κ2) is 7.41. The van der Waals surface area contributed by atoms with Gasteiger partial charge in [0, 0.05) is 12.6 Å². The van der Waals surface area contributed by atoms with Gasteiger partial charge in [-0.25, -0.2) is 0 Å². The van der Waals surface area contributed by atoms with E-state index in [1.54, 1.807) is 0 Å². The third kappa shape index (κ3) is 4.33. The fourth-order valence-electron chi connectivity index (χ4n) is 1.65. The predicted octanol–water partition coefficient (Wildman–Crippen LogP) is 2.02. The molecule has 1 aromatic heterocycles. The normalized spacial score (nSPS) is 11.2. The molecule has 0 fully saturated rings. The van der Waals surface area contributed by atoms with Crippen molar-refractivity contribution in [2.75, 3.05) is 20.1 Å². The van der Waals surface area contributed by atoms with Crippen LogP contribution in [0.25, 0.3) is 0 Å². The van der Waals surface area contributed by atoms with E-state index >= 15 is 0 Å². The van der Waals surface area contributed by atoms with Crippen LogP contribution in [0.5, 0.6) is 0 Å². The van der Waals surface area contributed by atoms with Crippen molar-refractivity contribution in [3.63, 3.8) is 0 Å². The van der Waals surface area contributed by atoms with E-state index in [9.17, 15) is 0 Å². The van der Waals surface area contributed by atoms with E-state index in [0.29, 0.717) is 0 Å². The smallest absolute Gasteiger partial charge is 0.151 e. The van der Waals surface area contributed by atoms with Gasteiger partial charge in [-0.3, -0.25) is 4.90 Å². The van der Waals surface area contributed by atoms with Crippen LogP contribution in [0.3, 0.4) is 0 Å². The number of nitrogens with zero attached hydrogens (tertiary/aromatic N) is 2. The standard InChI is InChI=1S/C12H23N3O/c1-4-6-7-15(5-2)10-12-8-11(9-13-3)14-16-12/h8,13H,4-7,9-10H2,1-3H3. The molecular weight excluding hydrogens is 202 g/mol. The minimum atomic E-state index is 0.768. The number of aromatic nitrogens is 1. The van der Waals surface area contributed by atoms with Crippen LogP contribution in [0.4, 0.5) is 0 Å². The molecule has 0 bridgehead atoms. The molecule has 1 N–H and O–H groups in total. The lowest BCUT2D eigenvalue weighted by Crippen LogP contribution is -2.23. The lowest BCUT2D eigenvalue weighted by atomic mass is 10.3. The number of rotatable bonds is 8. The first-order chi connectivity index (χ1) is 7.80. The summed E-state index contributed by atoms with van der Waals surface area (Å²) >= 11 is 0. The second-order valence-electron chi connectivity index (χ2n) is 4.04. The summed E-state index contributed by atoms with van der Waals surface area (Å²) in [7, 11) is 1.91. The van der Waals surface area contributed by atoms with Crippen molar-refractivity contribution >= 4 is 0 Å². The van der Waals surface area contributed by atoms with E-state index in [2.05, 4.69) is 29.2 Å². The summed E-state index contributed by atoms with van der Waals surface area (Å²) < 4.78 is 5.30. The molecule has 0 amide bonds. The molecule has 0 aliphatic heterocycles. The Bertz CT molecular complexity index is 286. The maximum Gasteiger partial charge on any atom is 0.151 e. The van der Waals surface area contributed by atoms with Crippen molar-refractivity contribution in [2.45, 2.75) is 39.8 Å². The number of hydrogen-bond acceptors (Lipinski definition) is 4. The summed E-state index contributed by atoms with van der Waals surface area (Å²) in [4.78, 5) is 2.38. The maximum atomic E-state index is 5.30. The number of unbranched alkanes of at least 4 members (excludes halogenated alkanes) is 1. The van der Waals surface area contributed by atoms with Crippen molar-refractivity contribution in [3.8, 4) is 0 Å². The van der Waals surface area contributed by atoms with Gasteiger partial charge in [0.05, 0.1) is 12.2 Å². The second-order valence-corrected chi connectivity index (χ2v) is 4.04. The zero-order valence-corrected chi connectivity index (χ0v) is 10.6. The average molecular weight is 225 g/mol. The van der Waals surface area contributed by atoms with Crippen LogP contribution < -0.4 is 5.32 Å². The fourth-order valence-corrected chi connectivity index (χ4v) is 1.65. The van der Waals surface area contributed by atoms with E-state index in [1.807, 2.05) is 13.1 Å². The Balaban J connectivity index is 2.43. The molecule has 0 saturated carbocycles. The van der Waals surface area contributed by atoms with Gasteiger partial charge in [0.15, 0.2) is 5.76 Å². The van der Waals surface area contributed by atoms with Crippen LogP contribution in [0.2, 0.25) is 0 Å². The molecule has 0 atom stereocenters. The van der Waals surface area contributed by atoms with Gasteiger partial charge < -0.3 is 9.84 Å². The van der Waals surface area contributed by atoms with E-state index in [4.69, 9.17) is 4.52 Å². The first kappa shape index (κ1) is 13.2. The minimum Gasteiger partial charge on any atom is -0.360 e. The van der Waals surface area contributed by atoms with Gasteiger partial charge in [-0.2, -0.15) is 0 Å². The van der Waals surface area contributed by atoms with E-state index < -0.39 is 0 Å². The van der Waals surface area contributed by atoms with Crippen LogP contribution >= 0.6 is 0 Å². The highest BCUT2D eigenvalue weighted by molar-refractivity contribution is 5.04. The quantitative estimate of drug-likeness (QED) is 0.735. The van der Waals surface area contributed by atoms with Crippen molar-refractivity contribution < 1.29 is 4.52 Å². The van der Waals surface area contributed by atoms with Crippen molar-refractivity contribution in [1.82, 2.24) is 15.4 Å². The largest absolute Gasteiger partial charge is 0.360 e. The predicted molar refractivity (Wildman–Crippen MR) is 65.1 cm³/mol. The van der Waals surface area contributed by atoms with Gasteiger partial charge in [-0.05, 0) is 26.6 Å². The molecule has 0 saturated heterocycles. The van der Waals surface area contributed by atoms with Gasteiger partial charge in [0.1, 0.15) is 0 Å². The van der Waals surface area contributed by atoms with Gasteiger partial charge in [-0.15, -0.1) is 0 Å². The molecule has 16 heavy (non-hydrogen) atoms. The maximum absolute atomic E-state index is 5.30. The molecule has 4 heteroatoms. The number of hydrogen-bond donors (Lipinski definition) is 1. The molecule has 1 aromatic rings. The molecule has 0 aliphatic carbocycles. The van der Waals surface area contributed by atoms with E-state index in [0.717, 1.165) is 37.6 Å². The van der Waals surface area contributed by atoms with E-state index in [1.165, 1.54) is 12.8 Å². The summed E-state index contributed by atoms with van der Waals surface area (Å²) in [5.74, 6) is 0.961. The molecule has 92 valence electrons. The third-order valence-corrected chi connectivity index (χ3v) is 2.62. The van der Waals surface area contributed by atoms with Crippen LogP contribution in [0, 0.1) is 0 Å². The summed E-state index contributed by atoms with van der Waals surface area (Å²) in [6.07, 6.45) is 2.48. The molecular formula is C12H23N3O. The van der Waals surface area contributed by atoms with Gasteiger partial charge in [-0.1, -0.05) is 25.4 Å². The Kier molecular flexibility index (Phi) is 6.11. The van der Waals surface area contributed by atoms with Gasteiger partial charge >= 0.3 is 0 Å². The molecule has 1 rings (SSSR count). The van der Waals surface area contributed by atoms with E-state index in [-0.39, 0.29) is 0 Å². The zero-order valence-electron chi connectivity index (χ0n) is 10.6. The monoisotopic (exact) mass is 225 g/mol. The zero-order chi connectivity index (χ0) is 11.8. The first-order valence-corrected chi connectivity index (χ1v) is 6.11. The molecule has 0 spiro atoms. The molecule has 0 aliphatic rings. The topological polar surface area (TPSA) is 41.3 Å². The van der Waals surface area contributed by atoms with Crippen molar-refractivity contribution in [2.24, 2.45) is 0 Å². The Hall–Kier alpha value is -0.870. The Morgan fingerprint density at radius 3 is 2.88 bits per heavy atom. The van der Waals surface area contributed by atoms with Gasteiger partial charge in [0.25, 0.3) is 0 Å². The molecule has 0 radical (unpaired) electrons. The van der Waals surface area contributed by atoms with Crippen molar-refractivity contribution in [3.05, 3.63) is 17.5 Å². The highest BCUT2D eigenvalue weighted by Crippen LogP contribution is 2.08. The summed E-state index contributed by atoms with van der Waals surface area (Å²) in [5, 5.41) is 7.07. The highest BCUT2D eigenvalue weighted by Gasteiger charge is 2.08.